The average molecular weight is 413 g/mol. The monoisotopic (exact) mass is 412 g/mol. The van der Waals surface area contributed by atoms with Crippen molar-refractivity contribution in [2.24, 2.45) is 0 Å². The van der Waals surface area contributed by atoms with E-state index in [1.807, 2.05) is 25.1 Å². The Kier molecular flexibility index (Phi) is 4.82. The molecule has 8 heteroatoms. The second-order valence-corrected chi connectivity index (χ2v) is 7.76. The number of rotatable bonds is 6. The largest absolute Gasteiger partial charge is 0.307 e. The van der Waals surface area contributed by atoms with E-state index < -0.39 is 0 Å². The van der Waals surface area contributed by atoms with Crippen LogP contribution in [0, 0.1) is 13.8 Å². The normalized spacial score (nSPS) is 11.5. The molecule has 0 atom stereocenters. The van der Waals surface area contributed by atoms with Gasteiger partial charge in [0, 0.05) is 11.1 Å². The van der Waals surface area contributed by atoms with Gasteiger partial charge in [-0.15, -0.1) is 14.8 Å². The Bertz CT molecular complexity index is 1330. The number of nitrogens with one attached hydrogen (secondary N) is 1. The Balaban J connectivity index is 1.47. The summed E-state index contributed by atoms with van der Waals surface area (Å²) in [6.45, 7) is 7.10. The van der Waals surface area contributed by atoms with Crippen LogP contribution in [0.3, 0.4) is 0 Å². The summed E-state index contributed by atoms with van der Waals surface area (Å²) in [5.74, 6) is 1.62. The molecule has 0 saturated heterocycles. The molecule has 3 heterocycles. The lowest BCUT2D eigenvalue weighted by Crippen LogP contribution is -2.03. The van der Waals surface area contributed by atoms with Crippen LogP contribution in [0.5, 0.6) is 0 Å². The van der Waals surface area contributed by atoms with Crippen molar-refractivity contribution in [1.82, 2.24) is 40.0 Å². The van der Waals surface area contributed by atoms with E-state index in [0.29, 0.717) is 5.82 Å². The van der Waals surface area contributed by atoms with Crippen molar-refractivity contribution in [3.8, 4) is 22.5 Å². The van der Waals surface area contributed by atoms with Gasteiger partial charge in [-0.3, -0.25) is 0 Å². The first-order valence-corrected chi connectivity index (χ1v) is 10.5. The molecule has 1 N–H and O–H groups in total. The molecule has 0 spiro atoms. The summed E-state index contributed by atoms with van der Waals surface area (Å²) >= 11 is 0. The Labute approximate surface area is 179 Å². The zero-order valence-electron chi connectivity index (χ0n) is 17.9. The molecule has 156 valence electrons. The Morgan fingerprint density at radius 3 is 2.42 bits per heavy atom. The number of H-pyrrole nitrogens is 1. The van der Waals surface area contributed by atoms with Crippen molar-refractivity contribution in [2.45, 2.75) is 40.2 Å². The number of aryl methyl sites for hydroxylation is 3. The van der Waals surface area contributed by atoms with Gasteiger partial charge in [0.05, 0.1) is 12.2 Å². The molecule has 0 bridgehead atoms. The smallest absolute Gasteiger partial charge is 0.180 e. The average Bonchev–Trinajstić information content (AvgIpc) is 3.49. The Hall–Kier alpha value is -3.81. The molecule has 31 heavy (non-hydrogen) atoms. The number of aromatic nitrogens is 8. The molecule has 0 saturated carbocycles. The zero-order chi connectivity index (χ0) is 21.4. The summed E-state index contributed by atoms with van der Waals surface area (Å²) < 4.78 is 4.02. The lowest BCUT2D eigenvalue weighted by atomic mass is 9.98. The highest BCUT2D eigenvalue weighted by atomic mass is 15.5. The number of nitrogens with zero attached hydrogens (tertiary/aromatic N) is 7. The van der Waals surface area contributed by atoms with E-state index in [-0.39, 0.29) is 0 Å². The van der Waals surface area contributed by atoms with Crippen molar-refractivity contribution in [3.63, 3.8) is 0 Å². The van der Waals surface area contributed by atoms with E-state index >= 15 is 0 Å². The van der Waals surface area contributed by atoms with E-state index in [9.17, 15) is 0 Å². The van der Waals surface area contributed by atoms with E-state index in [1.165, 1.54) is 11.1 Å². The maximum absolute atomic E-state index is 4.68. The molecule has 0 aliphatic rings. The number of hydrogen-bond donors (Lipinski definition) is 1. The predicted octanol–water partition coefficient (Wildman–Crippen LogP) is 4.00. The van der Waals surface area contributed by atoms with Gasteiger partial charge in [0.1, 0.15) is 5.82 Å². The number of tetrazole rings is 1. The highest BCUT2D eigenvalue weighted by molar-refractivity contribution is 5.80. The van der Waals surface area contributed by atoms with E-state index in [2.05, 4.69) is 79.6 Å². The SMILES string of the molecule is CCCc1nn2nc(C)n(Cc3ccc(-c4ccccc4-c4nnn[nH]4)cc3)c2c1C. The van der Waals surface area contributed by atoms with Crippen molar-refractivity contribution >= 4 is 5.65 Å². The summed E-state index contributed by atoms with van der Waals surface area (Å²) in [6.07, 6.45) is 2.05. The van der Waals surface area contributed by atoms with Crippen LogP contribution in [0.1, 0.15) is 36.0 Å². The number of hydrogen-bond acceptors (Lipinski definition) is 5. The molecule has 5 rings (SSSR count). The topological polar surface area (TPSA) is 89.6 Å². The molecular weight excluding hydrogens is 388 g/mol. The fourth-order valence-corrected chi connectivity index (χ4v) is 4.09. The highest BCUT2D eigenvalue weighted by Crippen LogP contribution is 2.30. The molecule has 0 unspecified atom stereocenters. The molecule has 0 amide bonds. The summed E-state index contributed by atoms with van der Waals surface area (Å²) in [5, 5.41) is 23.6. The van der Waals surface area contributed by atoms with Crippen LogP contribution in [-0.2, 0) is 13.0 Å². The van der Waals surface area contributed by atoms with Gasteiger partial charge in [0.15, 0.2) is 11.5 Å². The second-order valence-electron chi connectivity index (χ2n) is 7.76. The first-order chi connectivity index (χ1) is 15.2. The van der Waals surface area contributed by atoms with Crippen LogP contribution >= 0.6 is 0 Å². The molecule has 3 aromatic heterocycles. The van der Waals surface area contributed by atoms with Crippen molar-refractivity contribution in [1.29, 1.82) is 0 Å². The van der Waals surface area contributed by atoms with Gasteiger partial charge in [-0.05, 0) is 47.4 Å². The van der Waals surface area contributed by atoms with Crippen LogP contribution in [0.25, 0.3) is 28.2 Å². The number of fused-ring (bicyclic) bond motifs is 1. The second kappa shape index (κ2) is 7.79. The van der Waals surface area contributed by atoms with E-state index in [0.717, 1.165) is 53.2 Å². The van der Waals surface area contributed by atoms with Crippen molar-refractivity contribution in [3.05, 3.63) is 71.2 Å². The van der Waals surface area contributed by atoms with Gasteiger partial charge in [-0.1, -0.05) is 61.9 Å². The minimum Gasteiger partial charge on any atom is -0.307 e. The lowest BCUT2D eigenvalue weighted by molar-refractivity contribution is 0.751. The summed E-state index contributed by atoms with van der Waals surface area (Å²) in [5.41, 5.74) is 7.82. The standard InChI is InChI=1S/C23H24N8/c1-4-7-21-15(2)23-30(16(3)26-31(23)27-21)14-17-10-12-18(13-11-17)19-8-5-6-9-20(19)22-24-28-29-25-22/h5-6,8-13H,4,7,14H2,1-3H3,(H,24,25,28,29). The highest BCUT2D eigenvalue weighted by Gasteiger charge is 2.16. The fourth-order valence-electron chi connectivity index (χ4n) is 4.09. The van der Waals surface area contributed by atoms with Crippen molar-refractivity contribution < 1.29 is 0 Å². The van der Waals surface area contributed by atoms with Crippen LogP contribution in [-0.4, -0.2) is 40.0 Å². The summed E-state index contributed by atoms with van der Waals surface area (Å²) in [4.78, 5) is 0. The molecule has 5 aromatic rings. The molecular formula is C23H24N8. The Morgan fingerprint density at radius 2 is 1.71 bits per heavy atom. The van der Waals surface area contributed by atoms with Gasteiger partial charge in [-0.2, -0.15) is 5.10 Å². The number of benzene rings is 2. The lowest BCUT2D eigenvalue weighted by Gasteiger charge is -2.10. The maximum atomic E-state index is 4.68. The van der Waals surface area contributed by atoms with Gasteiger partial charge < -0.3 is 4.57 Å². The van der Waals surface area contributed by atoms with Gasteiger partial charge in [0.2, 0.25) is 0 Å². The van der Waals surface area contributed by atoms with Crippen LogP contribution in [0.15, 0.2) is 48.5 Å². The van der Waals surface area contributed by atoms with Gasteiger partial charge in [0.25, 0.3) is 0 Å². The minimum absolute atomic E-state index is 0.662. The first-order valence-electron chi connectivity index (χ1n) is 10.5. The number of aromatic amines is 1. The van der Waals surface area contributed by atoms with Gasteiger partial charge in [-0.25, -0.2) is 5.10 Å². The minimum atomic E-state index is 0.662. The zero-order valence-corrected chi connectivity index (χ0v) is 17.9. The summed E-state index contributed by atoms with van der Waals surface area (Å²) in [6, 6.07) is 16.7. The molecule has 0 aliphatic heterocycles. The van der Waals surface area contributed by atoms with E-state index in [4.69, 9.17) is 0 Å². The third-order valence-corrected chi connectivity index (χ3v) is 5.68. The van der Waals surface area contributed by atoms with Gasteiger partial charge >= 0.3 is 0 Å². The third-order valence-electron chi connectivity index (χ3n) is 5.68. The molecule has 0 aliphatic carbocycles. The fraction of sp³-hybridized carbons (Fsp3) is 0.261. The van der Waals surface area contributed by atoms with Crippen molar-refractivity contribution in [2.75, 3.05) is 0 Å². The van der Waals surface area contributed by atoms with Crippen LogP contribution < -0.4 is 0 Å². The maximum Gasteiger partial charge on any atom is 0.180 e. The quantitative estimate of drug-likeness (QED) is 0.455. The Morgan fingerprint density at radius 1 is 0.935 bits per heavy atom. The van der Waals surface area contributed by atoms with E-state index in [1.54, 1.807) is 4.63 Å². The van der Waals surface area contributed by atoms with Crippen LogP contribution in [0.2, 0.25) is 0 Å². The predicted molar refractivity (Wildman–Crippen MR) is 119 cm³/mol. The molecule has 0 fully saturated rings. The summed E-state index contributed by atoms with van der Waals surface area (Å²) in [7, 11) is 0. The molecule has 8 nitrogen and oxygen atoms in total. The molecule has 2 aromatic carbocycles. The molecule has 0 radical (unpaired) electrons. The third kappa shape index (κ3) is 3.39. The first kappa shape index (κ1) is 19.2. The van der Waals surface area contributed by atoms with Crippen LogP contribution in [0.4, 0.5) is 0 Å².